The van der Waals surface area contributed by atoms with Gasteiger partial charge in [-0.2, -0.15) is 0 Å². The molecular weight excluding hydrogens is 342 g/mol. The Morgan fingerprint density at radius 3 is 2.62 bits per heavy atom. The number of unbranched alkanes of at least 4 members (excludes halogenated alkanes) is 1. The minimum atomic E-state index is -0.378. The number of amides is 1. The summed E-state index contributed by atoms with van der Waals surface area (Å²) in [5.41, 5.74) is 2.55. The van der Waals surface area contributed by atoms with Crippen LogP contribution in [0.4, 0.5) is 11.4 Å². The van der Waals surface area contributed by atoms with Crippen molar-refractivity contribution >= 4 is 29.0 Å². The van der Waals surface area contributed by atoms with Gasteiger partial charge in [0.1, 0.15) is 5.75 Å². The average Bonchev–Trinajstić information content (AvgIpc) is 2.76. The molecule has 1 aliphatic heterocycles. The van der Waals surface area contributed by atoms with E-state index in [9.17, 15) is 4.79 Å². The van der Waals surface area contributed by atoms with Gasteiger partial charge >= 0.3 is 0 Å². The number of hydrogen-bond acceptors (Lipinski definition) is 3. The Morgan fingerprint density at radius 1 is 1.23 bits per heavy atom. The molecule has 2 aromatic rings. The third-order valence-electron chi connectivity index (χ3n) is 5.08. The van der Waals surface area contributed by atoms with Gasteiger partial charge in [0.15, 0.2) is 0 Å². The first kappa shape index (κ1) is 18.8. The van der Waals surface area contributed by atoms with Crippen LogP contribution in [-0.4, -0.2) is 18.8 Å². The van der Waals surface area contributed by atoms with E-state index in [2.05, 4.69) is 26.0 Å². The van der Waals surface area contributed by atoms with E-state index in [1.54, 1.807) is 18.9 Å². The smallest absolute Gasteiger partial charge is 0.238 e. The monoisotopic (exact) mass is 369 g/mol. The van der Waals surface area contributed by atoms with Crippen molar-refractivity contribution in [3.05, 3.63) is 48.0 Å². The molecule has 0 spiro atoms. The van der Waals surface area contributed by atoms with Gasteiger partial charge < -0.3 is 4.74 Å². The van der Waals surface area contributed by atoms with Crippen molar-refractivity contribution in [3.63, 3.8) is 0 Å². The highest BCUT2D eigenvalue weighted by atomic mass is 32.2. The molecule has 1 heterocycles. The lowest BCUT2D eigenvalue weighted by Gasteiger charge is -2.32. The van der Waals surface area contributed by atoms with E-state index in [0.717, 1.165) is 52.6 Å². The van der Waals surface area contributed by atoms with E-state index in [4.69, 9.17) is 4.74 Å². The summed E-state index contributed by atoms with van der Waals surface area (Å²) in [6.45, 7) is 6.32. The standard InChI is InChI=1S/C22H27NO2S/c1-5-6-12-22(3)15-26-20-14-19(25-4)16(2)13-18(20)23(21(22)24)17-10-8-7-9-11-17/h7-11,13-14H,5-6,12,15H2,1-4H3. The van der Waals surface area contributed by atoms with Crippen LogP contribution in [0.5, 0.6) is 5.75 Å². The highest BCUT2D eigenvalue weighted by molar-refractivity contribution is 7.99. The van der Waals surface area contributed by atoms with Gasteiger partial charge in [0, 0.05) is 16.3 Å². The van der Waals surface area contributed by atoms with E-state index >= 15 is 0 Å². The van der Waals surface area contributed by atoms with Gasteiger partial charge in [-0.25, -0.2) is 0 Å². The van der Waals surface area contributed by atoms with Crippen molar-refractivity contribution in [1.82, 2.24) is 0 Å². The summed E-state index contributed by atoms with van der Waals surface area (Å²) < 4.78 is 5.52. The van der Waals surface area contributed by atoms with Gasteiger partial charge in [-0.3, -0.25) is 9.69 Å². The Hall–Kier alpha value is -1.94. The molecule has 0 aromatic heterocycles. The number of thioether (sulfide) groups is 1. The Labute approximate surface area is 160 Å². The van der Waals surface area contributed by atoms with Crippen LogP contribution < -0.4 is 9.64 Å². The van der Waals surface area contributed by atoms with E-state index in [1.165, 1.54) is 0 Å². The molecule has 0 N–H and O–H groups in total. The van der Waals surface area contributed by atoms with Crippen LogP contribution in [0.25, 0.3) is 0 Å². The maximum absolute atomic E-state index is 13.7. The number of carbonyl (C=O) groups excluding carboxylic acids is 1. The highest BCUT2D eigenvalue weighted by Crippen LogP contribution is 2.47. The number of para-hydroxylation sites is 1. The Morgan fingerprint density at radius 2 is 1.96 bits per heavy atom. The summed E-state index contributed by atoms with van der Waals surface area (Å²) in [5.74, 6) is 1.84. The molecule has 3 rings (SSSR count). The molecule has 26 heavy (non-hydrogen) atoms. The molecule has 0 bridgehead atoms. The molecule has 0 aliphatic carbocycles. The molecular formula is C22H27NO2S. The van der Waals surface area contributed by atoms with Crippen LogP contribution >= 0.6 is 11.8 Å². The van der Waals surface area contributed by atoms with Crippen LogP contribution in [0.2, 0.25) is 0 Å². The molecule has 2 aromatic carbocycles. The summed E-state index contributed by atoms with van der Waals surface area (Å²) in [7, 11) is 1.70. The van der Waals surface area contributed by atoms with Crippen LogP contribution in [0.15, 0.2) is 47.4 Å². The lowest BCUT2D eigenvalue weighted by atomic mass is 9.85. The normalized spacial score (nSPS) is 19.8. The van der Waals surface area contributed by atoms with Crippen molar-refractivity contribution in [3.8, 4) is 5.75 Å². The van der Waals surface area contributed by atoms with Crippen molar-refractivity contribution in [2.75, 3.05) is 17.8 Å². The minimum Gasteiger partial charge on any atom is -0.496 e. The fourth-order valence-electron chi connectivity index (χ4n) is 3.42. The number of hydrogen-bond donors (Lipinski definition) is 0. The Bertz CT molecular complexity index is 790. The number of methoxy groups -OCH3 is 1. The van der Waals surface area contributed by atoms with Crippen LogP contribution in [0.1, 0.15) is 38.7 Å². The summed E-state index contributed by atoms with van der Waals surface area (Å²) in [6.07, 6.45) is 3.06. The molecule has 0 fully saturated rings. The van der Waals surface area contributed by atoms with Gasteiger partial charge in [0.25, 0.3) is 0 Å². The first-order valence-corrected chi connectivity index (χ1v) is 10.2. The van der Waals surface area contributed by atoms with Crippen LogP contribution in [0, 0.1) is 12.3 Å². The zero-order valence-electron chi connectivity index (χ0n) is 16.0. The quantitative estimate of drug-likeness (QED) is 0.650. The second-order valence-corrected chi connectivity index (χ2v) is 8.24. The molecule has 0 saturated carbocycles. The molecule has 0 saturated heterocycles. The molecule has 1 amide bonds. The molecule has 1 aliphatic rings. The number of anilines is 2. The van der Waals surface area contributed by atoms with Gasteiger partial charge in [-0.15, -0.1) is 11.8 Å². The summed E-state index contributed by atoms with van der Waals surface area (Å²) >= 11 is 1.76. The van der Waals surface area contributed by atoms with E-state index in [1.807, 2.05) is 42.2 Å². The largest absolute Gasteiger partial charge is 0.496 e. The summed E-state index contributed by atoms with van der Waals surface area (Å²) in [6, 6.07) is 14.1. The van der Waals surface area contributed by atoms with Crippen molar-refractivity contribution in [2.24, 2.45) is 5.41 Å². The maximum Gasteiger partial charge on any atom is 0.238 e. The third kappa shape index (κ3) is 3.48. The molecule has 1 atom stereocenters. The number of aryl methyl sites for hydroxylation is 1. The predicted octanol–water partition coefficient (Wildman–Crippen LogP) is 5.97. The lowest BCUT2D eigenvalue weighted by molar-refractivity contribution is -0.125. The Balaban J connectivity index is 2.15. The number of carbonyl (C=O) groups is 1. The number of fused-ring (bicyclic) bond motifs is 1. The second kappa shape index (κ2) is 7.75. The van der Waals surface area contributed by atoms with Gasteiger partial charge in [-0.05, 0) is 50.1 Å². The molecule has 4 heteroatoms. The predicted molar refractivity (Wildman–Crippen MR) is 110 cm³/mol. The van der Waals surface area contributed by atoms with Gasteiger partial charge in [0.2, 0.25) is 5.91 Å². The highest BCUT2D eigenvalue weighted by Gasteiger charge is 2.41. The van der Waals surface area contributed by atoms with Crippen molar-refractivity contribution in [2.45, 2.75) is 44.9 Å². The number of benzene rings is 2. The lowest BCUT2D eigenvalue weighted by Crippen LogP contribution is -2.40. The Kier molecular flexibility index (Phi) is 5.61. The maximum atomic E-state index is 13.7. The van der Waals surface area contributed by atoms with Crippen molar-refractivity contribution in [1.29, 1.82) is 0 Å². The van der Waals surface area contributed by atoms with Gasteiger partial charge in [-0.1, -0.05) is 38.0 Å². The first-order chi connectivity index (χ1) is 12.5. The topological polar surface area (TPSA) is 29.5 Å². The number of rotatable bonds is 5. The van der Waals surface area contributed by atoms with Crippen LogP contribution in [0.3, 0.4) is 0 Å². The summed E-state index contributed by atoms with van der Waals surface area (Å²) in [5, 5.41) is 0. The molecule has 1 unspecified atom stereocenters. The fraction of sp³-hybridized carbons (Fsp3) is 0.409. The SMILES string of the molecule is CCCCC1(C)CSc2cc(OC)c(C)cc2N(c2ccccc2)C1=O. The fourth-order valence-corrected chi connectivity index (χ4v) is 4.65. The zero-order valence-corrected chi connectivity index (χ0v) is 16.9. The minimum absolute atomic E-state index is 0.188. The average molecular weight is 370 g/mol. The van der Waals surface area contributed by atoms with E-state index in [0.29, 0.717) is 0 Å². The molecule has 0 radical (unpaired) electrons. The number of ether oxygens (including phenoxy) is 1. The second-order valence-electron chi connectivity index (χ2n) is 7.22. The molecule has 3 nitrogen and oxygen atoms in total. The van der Waals surface area contributed by atoms with Gasteiger partial charge in [0.05, 0.1) is 18.2 Å². The molecule has 138 valence electrons. The third-order valence-corrected chi connectivity index (χ3v) is 6.50. The van der Waals surface area contributed by atoms with E-state index in [-0.39, 0.29) is 11.3 Å². The van der Waals surface area contributed by atoms with Crippen molar-refractivity contribution < 1.29 is 9.53 Å². The summed E-state index contributed by atoms with van der Waals surface area (Å²) in [4.78, 5) is 16.7. The first-order valence-electron chi connectivity index (χ1n) is 9.21. The zero-order chi connectivity index (χ0) is 18.7. The van der Waals surface area contributed by atoms with Crippen LogP contribution in [-0.2, 0) is 4.79 Å². The number of nitrogens with zero attached hydrogens (tertiary/aromatic N) is 1. The van der Waals surface area contributed by atoms with E-state index < -0.39 is 0 Å².